The molecule has 4 aliphatic rings. The fourth-order valence-corrected chi connectivity index (χ4v) is 7.85. The Morgan fingerprint density at radius 3 is 2.61 bits per heavy atom. The molecule has 0 amide bonds. The van der Waals surface area contributed by atoms with Crippen molar-refractivity contribution in [1.82, 2.24) is 0 Å². The minimum atomic E-state index is -0.0648. The van der Waals surface area contributed by atoms with Crippen molar-refractivity contribution in [2.45, 2.75) is 105 Å². The summed E-state index contributed by atoms with van der Waals surface area (Å²) in [4.78, 5) is 0. The summed E-state index contributed by atoms with van der Waals surface area (Å²) in [6, 6.07) is 0. The van der Waals surface area contributed by atoms with Crippen molar-refractivity contribution in [3.8, 4) is 0 Å². The van der Waals surface area contributed by atoms with Gasteiger partial charge in [-0.25, -0.2) is 0 Å². The summed E-state index contributed by atoms with van der Waals surface area (Å²) in [6.07, 6.45) is 17.9. The third-order valence-electron chi connectivity index (χ3n) is 9.66. The minimum absolute atomic E-state index is 0.0648. The van der Waals surface area contributed by atoms with Crippen LogP contribution in [-0.4, -0.2) is 11.2 Å². The molecule has 0 aromatic heterocycles. The van der Waals surface area contributed by atoms with E-state index in [0.717, 1.165) is 36.5 Å². The van der Waals surface area contributed by atoms with Crippen LogP contribution in [0.15, 0.2) is 23.3 Å². The Hall–Kier alpha value is -0.560. The van der Waals surface area contributed by atoms with Gasteiger partial charge < -0.3 is 5.11 Å². The zero-order chi connectivity index (χ0) is 20.1. The molecular formula is C27H44O. The molecule has 4 aliphatic carbocycles. The van der Waals surface area contributed by atoms with Gasteiger partial charge in [0.2, 0.25) is 0 Å². The fraction of sp³-hybridized carbons (Fsp3) is 0.852. The number of hydrogen-bond acceptors (Lipinski definition) is 1. The molecule has 7 atom stereocenters. The fourth-order valence-electron chi connectivity index (χ4n) is 7.85. The molecule has 0 aliphatic heterocycles. The van der Waals surface area contributed by atoms with Crippen LogP contribution in [0.5, 0.6) is 0 Å². The highest BCUT2D eigenvalue weighted by molar-refractivity contribution is 5.46. The Bertz CT molecular complexity index is 643. The minimum Gasteiger partial charge on any atom is -0.393 e. The third-order valence-corrected chi connectivity index (χ3v) is 9.66. The smallest absolute Gasteiger partial charge is 0.0543 e. The van der Waals surface area contributed by atoms with Gasteiger partial charge in [-0.3, -0.25) is 0 Å². The van der Waals surface area contributed by atoms with Crippen LogP contribution >= 0.6 is 0 Å². The van der Waals surface area contributed by atoms with E-state index >= 15 is 0 Å². The first kappa shape index (κ1) is 20.7. The van der Waals surface area contributed by atoms with Gasteiger partial charge in [-0.1, -0.05) is 66.0 Å². The number of fused-ring (bicyclic) bond motifs is 5. The molecule has 1 heteroatoms. The number of rotatable bonds is 5. The highest BCUT2D eigenvalue weighted by atomic mass is 16.3. The van der Waals surface area contributed by atoms with E-state index in [2.05, 4.69) is 46.8 Å². The Labute approximate surface area is 174 Å². The Morgan fingerprint density at radius 2 is 1.86 bits per heavy atom. The average molecular weight is 385 g/mol. The highest BCUT2D eigenvalue weighted by Crippen LogP contribution is 2.64. The molecule has 4 rings (SSSR count). The molecule has 28 heavy (non-hydrogen) atoms. The molecule has 1 nitrogen and oxygen atoms in total. The van der Waals surface area contributed by atoms with E-state index < -0.39 is 0 Å². The van der Waals surface area contributed by atoms with E-state index in [9.17, 15) is 5.11 Å². The summed E-state index contributed by atoms with van der Waals surface area (Å²) in [5.41, 5.74) is 4.24. The monoisotopic (exact) mass is 384 g/mol. The molecule has 2 fully saturated rings. The molecule has 2 saturated carbocycles. The van der Waals surface area contributed by atoms with Crippen molar-refractivity contribution in [3.63, 3.8) is 0 Å². The predicted molar refractivity (Wildman–Crippen MR) is 119 cm³/mol. The summed E-state index contributed by atoms with van der Waals surface area (Å²) in [5, 5.41) is 10.2. The first-order valence-corrected chi connectivity index (χ1v) is 12.3. The van der Waals surface area contributed by atoms with Crippen LogP contribution in [0.3, 0.4) is 0 Å². The van der Waals surface area contributed by atoms with Crippen molar-refractivity contribution in [3.05, 3.63) is 23.3 Å². The molecule has 0 spiro atoms. The van der Waals surface area contributed by atoms with Crippen LogP contribution in [-0.2, 0) is 0 Å². The van der Waals surface area contributed by atoms with Gasteiger partial charge in [0, 0.05) is 0 Å². The van der Waals surface area contributed by atoms with Gasteiger partial charge in [0.25, 0.3) is 0 Å². The van der Waals surface area contributed by atoms with Crippen LogP contribution in [0.1, 0.15) is 98.8 Å². The van der Waals surface area contributed by atoms with E-state index in [-0.39, 0.29) is 6.10 Å². The summed E-state index contributed by atoms with van der Waals surface area (Å²) in [5.74, 6) is 4.04. The first-order chi connectivity index (χ1) is 13.3. The molecule has 0 saturated heterocycles. The lowest BCUT2D eigenvalue weighted by molar-refractivity contribution is 0.0309. The lowest BCUT2D eigenvalue weighted by atomic mass is 9.51. The average Bonchev–Trinajstić information content (AvgIpc) is 2.99. The lowest BCUT2D eigenvalue weighted by Gasteiger charge is -2.53. The van der Waals surface area contributed by atoms with E-state index in [1.54, 1.807) is 11.1 Å². The highest BCUT2D eigenvalue weighted by Gasteiger charge is 2.55. The summed E-state index contributed by atoms with van der Waals surface area (Å²) in [6.45, 7) is 12.4. The number of hydrogen-bond donors (Lipinski definition) is 1. The van der Waals surface area contributed by atoms with Gasteiger partial charge in [0.05, 0.1) is 6.10 Å². The molecule has 0 heterocycles. The predicted octanol–water partition coefficient (Wildman–Crippen LogP) is 7.31. The van der Waals surface area contributed by atoms with Gasteiger partial charge >= 0.3 is 0 Å². The van der Waals surface area contributed by atoms with Crippen LogP contribution in [0.2, 0.25) is 0 Å². The normalized spacial score (nSPS) is 43.7. The topological polar surface area (TPSA) is 20.2 Å². The van der Waals surface area contributed by atoms with Gasteiger partial charge in [-0.05, 0) is 96.5 Å². The Balaban J connectivity index is 1.54. The van der Waals surface area contributed by atoms with E-state index in [1.807, 2.05) is 0 Å². The Kier molecular flexibility index (Phi) is 5.62. The van der Waals surface area contributed by atoms with E-state index in [4.69, 9.17) is 0 Å². The van der Waals surface area contributed by atoms with Crippen LogP contribution in [0, 0.1) is 40.4 Å². The van der Waals surface area contributed by atoms with Crippen molar-refractivity contribution < 1.29 is 5.11 Å². The summed E-state index contributed by atoms with van der Waals surface area (Å²) >= 11 is 0. The lowest BCUT2D eigenvalue weighted by Crippen LogP contribution is -2.44. The molecule has 0 radical (unpaired) electrons. The maximum Gasteiger partial charge on any atom is 0.0543 e. The van der Waals surface area contributed by atoms with Gasteiger partial charge in [0.1, 0.15) is 0 Å². The summed E-state index contributed by atoms with van der Waals surface area (Å²) in [7, 11) is 0. The van der Waals surface area contributed by atoms with Crippen LogP contribution in [0.25, 0.3) is 0 Å². The van der Waals surface area contributed by atoms with Crippen molar-refractivity contribution >= 4 is 0 Å². The zero-order valence-corrected chi connectivity index (χ0v) is 19.1. The van der Waals surface area contributed by atoms with Gasteiger partial charge in [-0.2, -0.15) is 0 Å². The molecule has 158 valence electrons. The van der Waals surface area contributed by atoms with Gasteiger partial charge in [0.15, 0.2) is 0 Å². The molecule has 0 aromatic carbocycles. The molecule has 0 aromatic rings. The SMILES string of the molecule is CC(C)CCC[C@@H](C)[C@H]1CC[C@H]2C3=CC[C@H]4C[C@@H](O)CC[C@]4(C)C3=CC[C@]12C. The van der Waals surface area contributed by atoms with Crippen molar-refractivity contribution in [1.29, 1.82) is 0 Å². The maximum atomic E-state index is 10.2. The zero-order valence-electron chi connectivity index (χ0n) is 19.1. The standard InChI is InChI=1S/C27H44O/c1-18(2)7-6-8-19(3)23-11-12-24-22-10-9-20-17-21(28)13-15-26(20,4)25(22)14-16-27(23,24)5/h10,14,18-21,23-24,28H,6-9,11-13,15-17H2,1-5H3/t19-,20+,21+,23-,24+,26+,27-/m1/s1. The molecule has 0 unspecified atom stereocenters. The number of aliphatic hydroxyl groups excluding tert-OH is 1. The summed E-state index contributed by atoms with van der Waals surface area (Å²) < 4.78 is 0. The van der Waals surface area contributed by atoms with Gasteiger partial charge in [-0.15, -0.1) is 0 Å². The second-order valence-corrected chi connectivity index (χ2v) is 11.8. The van der Waals surface area contributed by atoms with Crippen LogP contribution < -0.4 is 0 Å². The first-order valence-electron chi connectivity index (χ1n) is 12.3. The Morgan fingerprint density at radius 1 is 1.07 bits per heavy atom. The number of aliphatic hydroxyl groups is 1. The molecule has 1 N–H and O–H groups in total. The second-order valence-electron chi connectivity index (χ2n) is 11.8. The number of allylic oxidation sites excluding steroid dienone is 4. The van der Waals surface area contributed by atoms with E-state index in [0.29, 0.717) is 16.7 Å². The van der Waals surface area contributed by atoms with Crippen molar-refractivity contribution in [2.75, 3.05) is 0 Å². The van der Waals surface area contributed by atoms with Crippen LogP contribution in [0.4, 0.5) is 0 Å². The third kappa shape index (κ3) is 3.34. The molecular weight excluding hydrogens is 340 g/mol. The quantitative estimate of drug-likeness (QED) is 0.527. The largest absolute Gasteiger partial charge is 0.393 e. The molecule has 0 bridgehead atoms. The second kappa shape index (κ2) is 7.60. The maximum absolute atomic E-state index is 10.2. The van der Waals surface area contributed by atoms with E-state index in [1.165, 1.54) is 51.4 Å². The van der Waals surface area contributed by atoms with Crippen molar-refractivity contribution in [2.24, 2.45) is 40.4 Å².